The average molecular weight is 327 g/mol. The molecule has 2 saturated carbocycles. The van der Waals surface area contributed by atoms with E-state index < -0.39 is 0 Å². The Balaban J connectivity index is 1.38. The quantitative estimate of drug-likeness (QED) is 0.798. The summed E-state index contributed by atoms with van der Waals surface area (Å²) < 4.78 is 1.66. The number of amides is 2. The van der Waals surface area contributed by atoms with E-state index in [-0.39, 0.29) is 24.6 Å². The highest BCUT2D eigenvalue weighted by atomic mass is 16.3. The van der Waals surface area contributed by atoms with Crippen LogP contribution in [-0.2, 0) is 0 Å². The molecule has 7 heteroatoms. The minimum absolute atomic E-state index is 0.0863. The summed E-state index contributed by atoms with van der Waals surface area (Å²) in [4.78, 5) is 12.3. The monoisotopic (exact) mass is 327 g/mol. The number of aliphatic hydroxyl groups excluding tert-OH is 1. The van der Waals surface area contributed by atoms with Gasteiger partial charge in [-0.1, -0.05) is 5.21 Å². The smallest absolute Gasteiger partial charge is 0.319 e. The fourth-order valence-electron chi connectivity index (χ4n) is 4.26. The van der Waals surface area contributed by atoms with E-state index in [2.05, 4.69) is 20.9 Å². The second-order valence-corrected chi connectivity index (χ2v) is 6.70. The van der Waals surface area contributed by atoms with Crippen molar-refractivity contribution in [2.75, 3.05) is 11.9 Å². The molecule has 0 aliphatic heterocycles. The lowest BCUT2D eigenvalue weighted by molar-refractivity contribution is 0.146. The van der Waals surface area contributed by atoms with E-state index in [1.807, 2.05) is 24.3 Å². The number of aliphatic hydroxyl groups is 1. The minimum atomic E-state index is -0.209. The molecule has 4 rings (SSSR count). The number of aromatic nitrogens is 3. The zero-order valence-corrected chi connectivity index (χ0v) is 13.3. The molecule has 2 aliphatic rings. The van der Waals surface area contributed by atoms with Crippen molar-refractivity contribution in [3.05, 3.63) is 36.7 Å². The molecular formula is C17H21N5O2. The molecule has 2 aromatic rings. The third kappa shape index (κ3) is 2.75. The van der Waals surface area contributed by atoms with Crippen molar-refractivity contribution in [2.45, 2.75) is 25.3 Å². The molecule has 2 amide bonds. The lowest BCUT2D eigenvalue weighted by atomic mass is 9.85. The summed E-state index contributed by atoms with van der Waals surface area (Å²) in [5.74, 6) is 1.27. The molecule has 0 spiro atoms. The number of carbonyl (C=O) groups excluding carboxylic acids is 1. The first-order valence-electron chi connectivity index (χ1n) is 8.39. The van der Waals surface area contributed by atoms with E-state index in [0.29, 0.717) is 11.8 Å². The largest absolute Gasteiger partial charge is 0.396 e. The van der Waals surface area contributed by atoms with Crippen LogP contribution in [0.2, 0.25) is 0 Å². The summed E-state index contributed by atoms with van der Waals surface area (Å²) >= 11 is 0. The molecule has 0 radical (unpaired) electrons. The molecular weight excluding hydrogens is 306 g/mol. The van der Waals surface area contributed by atoms with Gasteiger partial charge in [-0.25, -0.2) is 9.48 Å². The molecule has 0 unspecified atom stereocenters. The van der Waals surface area contributed by atoms with Crippen LogP contribution in [0, 0.1) is 17.8 Å². The highest BCUT2D eigenvalue weighted by molar-refractivity contribution is 5.89. The Hall–Kier alpha value is -2.41. The fourth-order valence-corrected chi connectivity index (χ4v) is 4.26. The Labute approximate surface area is 140 Å². The second kappa shape index (κ2) is 6.24. The van der Waals surface area contributed by atoms with E-state index in [9.17, 15) is 9.90 Å². The second-order valence-electron chi connectivity index (χ2n) is 6.70. The summed E-state index contributed by atoms with van der Waals surface area (Å²) in [5, 5.41) is 23.2. The number of hydrogen-bond acceptors (Lipinski definition) is 4. The predicted octanol–water partition coefficient (Wildman–Crippen LogP) is 1.80. The summed E-state index contributed by atoms with van der Waals surface area (Å²) in [6.45, 7) is 0.152. The number of benzene rings is 1. The number of hydrogen-bond donors (Lipinski definition) is 3. The van der Waals surface area contributed by atoms with Gasteiger partial charge in [0.2, 0.25) is 0 Å². The molecule has 2 bridgehead atoms. The normalized spacial score (nSPS) is 28.0. The Morgan fingerprint density at radius 1 is 1.25 bits per heavy atom. The molecule has 1 heterocycles. The average Bonchev–Trinajstić information content (AvgIpc) is 3.33. The van der Waals surface area contributed by atoms with Crippen LogP contribution < -0.4 is 10.6 Å². The Kier molecular flexibility index (Phi) is 3.93. The van der Waals surface area contributed by atoms with E-state index >= 15 is 0 Å². The summed E-state index contributed by atoms with van der Waals surface area (Å²) in [6, 6.07) is 7.29. The third-order valence-electron chi connectivity index (χ3n) is 5.41. The maximum Gasteiger partial charge on any atom is 0.319 e. The predicted molar refractivity (Wildman–Crippen MR) is 88.7 cm³/mol. The van der Waals surface area contributed by atoms with Crippen molar-refractivity contribution in [2.24, 2.45) is 17.8 Å². The van der Waals surface area contributed by atoms with Gasteiger partial charge in [-0.15, -0.1) is 5.10 Å². The van der Waals surface area contributed by atoms with E-state index in [4.69, 9.17) is 0 Å². The van der Waals surface area contributed by atoms with Crippen LogP contribution >= 0.6 is 0 Å². The van der Waals surface area contributed by atoms with Gasteiger partial charge in [0.15, 0.2) is 0 Å². The molecule has 1 aromatic heterocycles. The Morgan fingerprint density at radius 3 is 2.75 bits per heavy atom. The van der Waals surface area contributed by atoms with Crippen molar-refractivity contribution in [3.63, 3.8) is 0 Å². The maximum atomic E-state index is 12.3. The van der Waals surface area contributed by atoms with Crippen molar-refractivity contribution < 1.29 is 9.90 Å². The van der Waals surface area contributed by atoms with E-state index in [1.54, 1.807) is 17.1 Å². The number of urea groups is 1. The minimum Gasteiger partial charge on any atom is -0.396 e. The number of nitrogens with one attached hydrogen (secondary N) is 2. The van der Waals surface area contributed by atoms with Crippen LogP contribution in [0.5, 0.6) is 0 Å². The zero-order chi connectivity index (χ0) is 16.5. The number of fused-ring (bicyclic) bond motifs is 2. The van der Waals surface area contributed by atoms with Crippen LogP contribution in [0.15, 0.2) is 36.7 Å². The van der Waals surface area contributed by atoms with Crippen molar-refractivity contribution in [1.82, 2.24) is 20.3 Å². The molecule has 0 saturated heterocycles. The van der Waals surface area contributed by atoms with Crippen LogP contribution in [-0.4, -0.2) is 38.8 Å². The Morgan fingerprint density at radius 2 is 2.04 bits per heavy atom. The first-order valence-corrected chi connectivity index (χ1v) is 8.39. The molecule has 1 aromatic carbocycles. The van der Waals surface area contributed by atoms with Gasteiger partial charge in [0.25, 0.3) is 0 Å². The van der Waals surface area contributed by atoms with Gasteiger partial charge in [-0.05, 0) is 55.4 Å². The summed E-state index contributed by atoms with van der Waals surface area (Å²) in [7, 11) is 0. The zero-order valence-electron chi connectivity index (χ0n) is 13.3. The number of rotatable bonds is 4. The molecule has 126 valence electrons. The van der Waals surface area contributed by atoms with Crippen LogP contribution in [0.25, 0.3) is 5.69 Å². The molecule has 4 atom stereocenters. The number of carbonyl (C=O) groups is 1. The van der Waals surface area contributed by atoms with E-state index in [1.165, 1.54) is 6.42 Å². The highest BCUT2D eigenvalue weighted by Gasteiger charge is 2.47. The number of nitrogens with zero attached hydrogens (tertiary/aromatic N) is 3. The first-order chi connectivity index (χ1) is 11.7. The summed E-state index contributed by atoms with van der Waals surface area (Å²) in [5.41, 5.74) is 1.60. The molecule has 2 aliphatic carbocycles. The van der Waals surface area contributed by atoms with Gasteiger partial charge in [0.1, 0.15) is 0 Å². The van der Waals surface area contributed by atoms with Crippen molar-refractivity contribution in [1.29, 1.82) is 0 Å². The lowest BCUT2D eigenvalue weighted by Gasteiger charge is -2.30. The van der Waals surface area contributed by atoms with Gasteiger partial charge < -0.3 is 15.7 Å². The molecule has 2 fully saturated rings. The van der Waals surface area contributed by atoms with Gasteiger partial charge >= 0.3 is 6.03 Å². The topological polar surface area (TPSA) is 92.1 Å². The third-order valence-corrected chi connectivity index (χ3v) is 5.41. The Bertz CT molecular complexity index is 700. The van der Waals surface area contributed by atoms with Crippen LogP contribution in [0.3, 0.4) is 0 Å². The maximum absolute atomic E-state index is 12.3. The number of anilines is 1. The van der Waals surface area contributed by atoms with Gasteiger partial charge in [-0.2, -0.15) is 0 Å². The van der Waals surface area contributed by atoms with Crippen LogP contribution in [0.1, 0.15) is 19.3 Å². The van der Waals surface area contributed by atoms with Crippen molar-refractivity contribution in [3.8, 4) is 5.69 Å². The van der Waals surface area contributed by atoms with Crippen molar-refractivity contribution >= 4 is 11.7 Å². The summed E-state index contributed by atoms with van der Waals surface area (Å²) in [6.07, 6.45) is 6.84. The lowest BCUT2D eigenvalue weighted by Crippen LogP contribution is -2.46. The highest BCUT2D eigenvalue weighted by Crippen LogP contribution is 2.48. The fraction of sp³-hybridized carbons (Fsp3) is 0.471. The van der Waals surface area contributed by atoms with E-state index in [0.717, 1.165) is 24.2 Å². The molecule has 24 heavy (non-hydrogen) atoms. The van der Waals surface area contributed by atoms with Gasteiger partial charge in [0.05, 0.1) is 18.1 Å². The van der Waals surface area contributed by atoms with Gasteiger partial charge in [-0.3, -0.25) is 0 Å². The standard InChI is InChI=1S/C17H21N5O2/c23-10-15-11-1-2-12(9-11)16(15)20-17(24)19-13-3-5-14(6-4-13)22-8-7-18-21-22/h3-8,11-12,15-16,23H,1-2,9-10H2,(H2,19,20,24)/t11-,12-,15+,16-/m0/s1. The first kappa shape index (κ1) is 15.1. The SMILES string of the molecule is O=C(Nc1ccc(-n2ccnn2)cc1)N[C@H]1[C@H]2CC[C@@H](C2)[C@H]1CO. The van der Waals surface area contributed by atoms with Crippen LogP contribution in [0.4, 0.5) is 10.5 Å². The molecule has 7 nitrogen and oxygen atoms in total. The molecule has 3 N–H and O–H groups in total. The van der Waals surface area contributed by atoms with Gasteiger partial charge in [0, 0.05) is 24.3 Å².